The molecule has 1 aromatic rings. The molecule has 1 fully saturated rings. The van der Waals surface area contributed by atoms with Gasteiger partial charge >= 0.3 is 0 Å². The monoisotopic (exact) mass is 273 g/mol. The molecular formula is C15H19N3O2. The van der Waals surface area contributed by atoms with Crippen molar-refractivity contribution in [3.63, 3.8) is 0 Å². The first-order valence-electron chi connectivity index (χ1n) is 7.05. The van der Waals surface area contributed by atoms with Gasteiger partial charge in [-0.05, 0) is 37.1 Å². The molecular weight excluding hydrogens is 254 g/mol. The molecule has 1 saturated heterocycles. The largest absolute Gasteiger partial charge is 0.340 e. The Balaban J connectivity index is 1.70. The van der Waals surface area contributed by atoms with E-state index in [1.807, 2.05) is 13.1 Å². The molecule has 0 aromatic heterocycles. The number of likely N-dealkylation sites (N-methyl/N-ethyl adjacent to an activating group) is 1. The number of nitrogens with zero attached hydrogens (tertiary/aromatic N) is 1. The van der Waals surface area contributed by atoms with Crippen LogP contribution in [-0.2, 0) is 11.2 Å². The predicted molar refractivity (Wildman–Crippen MR) is 76.8 cm³/mol. The van der Waals surface area contributed by atoms with Crippen LogP contribution in [-0.4, -0.2) is 42.9 Å². The lowest BCUT2D eigenvalue weighted by Crippen LogP contribution is -2.38. The predicted octanol–water partition coefficient (Wildman–Crippen LogP) is 1.01. The number of carbonyl (C=O) groups is 2. The number of amides is 2. The van der Waals surface area contributed by atoms with Gasteiger partial charge in [0.05, 0.1) is 6.42 Å². The molecule has 2 aliphatic rings. The van der Waals surface area contributed by atoms with E-state index in [1.54, 1.807) is 17.0 Å². The van der Waals surface area contributed by atoms with Crippen molar-refractivity contribution in [1.82, 2.24) is 10.2 Å². The summed E-state index contributed by atoms with van der Waals surface area (Å²) < 4.78 is 0. The molecule has 20 heavy (non-hydrogen) atoms. The van der Waals surface area contributed by atoms with Gasteiger partial charge in [0.15, 0.2) is 0 Å². The Morgan fingerprint density at radius 2 is 2.30 bits per heavy atom. The smallest absolute Gasteiger partial charge is 0.253 e. The van der Waals surface area contributed by atoms with Crippen molar-refractivity contribution in [2.24, 2.45) is 0 Å². The zero-order valence-corrected chi connectivity index (χ0v) is 11.6. The second-order valence-electron chi connectivity index (χ2n) is 5.58. The van der Waals surface area contributed by atoms with Crippen LogP contribution >= 0.6 is 0 Å². The number of fused-ring (bicyclic) bond motifs is 1. The Bertz CT molecular complexity index is 550. The van der Waals surface area contributed by atoms with Gasteiger partial charge in [-0.1, -0.05) is 6.07 Å². The van der Waals surface area contributed by atoms with E-state index in [2.05, 4.69) is 10.6 Å². The molecule has 5 heteroatoms. The quantitative estimate of drug-likeness (QED) is 0.864. The van der Waals surface area contributed by atoms with Crippen LogP contribution in [0.3, 0.4) is 0 Å². The number of hydrogen-bond donors (Lipinski definition) is 2. The van der Waals surface area contributed by atoms with Crippen LogP contribution in [0.15, 0.2) is 18.2 Å². The molecule has 0 saturated carbocycles. The fraction of sp³-hybridized carbons (Fsp3) is 0.467. The molecule has 2 heterocycles. The van der Waals surface area contributed by atoms with Crippen LogP contribution in [0.4, 0.5) is 5.69 Å². The van der Waals surface area contributed by atoms with E-state index in [9.17, 15) is 9.59 Å². The van der Waals surface area contributed by atoms with Crippen molar-refractivity contribution in [1.29, 1.82) is 0 Å². The van der Waals surface area contributed by atoms with Gasteiger partial charge in [0.2, 0.25) is 5.91 Å². The lowest BCUT2D eigenvalue weighted by Gasteiger charge is -2.21. The third kappa shape index (κ3) is 2.54. The van der Waals surface area contributed by atoms with Crippen LogP contribution in [0.2, 0.25) is 0 Å². The topological polar surface area (TPSA) is 61.4 Å². The van der Waals surface area contributed by atoms with Gasteiger partial charge in [-0.15, -0.1) is 0 Å². The molecule has 0 spiro atoms. The molecule has 2 amide bonds. The minimum atomic E-state index is -0.00638. The molecule has 1 aromatic carbocycles. The summed E-state index contributed by atoms with van der Waals surface area (Å²) in [6, 6.07) is 5.85. The summed E-state index contributed by atoms with van der Waals surface area (Å²) >= 11 is 0. The number of rotatable bonds is 3. The lowest BCUT2D eigenvalue weighted by atomic mass is 10.1. The van der Waals surface area contributed by atoms with Gasteiger partial charge in [0.25, 0.3) is 5.91 Å². The average Bonchev–Trinajstić information content (AvgIpc) is 3.04. The van der Waals surface area contributed by atoms with E-state index in [0.717, 1.165) is 30.8 Å². The van der Waals surface area contributed by atoms with Crippen LogP contribution in [0.5, 0.6) is 0 Å². The van der Waals surface area contributed by atoms with E-state index in [0.29, 0.717) is 18.0 Å². The average molecular weight is 273 g/mol. The maximum atomic E-state index is 12.4. The van der Waals surface area contributed by atoms with Crippen molar-refractivity contribution >= 4 is 17.5 Å². The molecule has 2 aliphatic heterocycles. The van der Waals surface area contributed by atoms with Gasteiger partial charge in [-0.2, -0.15) is 0 Å². The van der Waals surface area contributed by atoms with Crippen LogP contribution in [0.1, 0.15) is 28.8 Å². The third-order valence-corrected chi connectivity index (χ3v) is 3.99. The lowest BCUT2D eigenvalue weighted by molar-refractivity contribution is -0.115. The summed E-state index contributed by atoms with van der Waals surface area (Å²) in [4.78, 5) is 25.5. The van der Waals surface area contributed by atoms with Crippen molar-refractivity contribution in [3.05, 3.63) is 29.3 Å². The highest BCUT2D eigenvalue weighted by Gasteiger charge is 2.22. The molecule has 106 valence electrons. The molecule has 0 bridgehead atoms. The summed E-state index contributed by atoms with van der Waals surface area (Å²) in [6.45, 7) is 1.76. The minimum absolute atomic E-state index is 0.00245. The van der Waals surface area contributed by atoms with Crippen LogP contribution in [0.25, 0.3) is 0 Å². The summed E-state index contributed by atoms with van der Waals surface area (Å²) in [5.74, 6) is -0.00393. The zero-order valence-electron chi connectivity index (χ0n) is 11.6. The standard InChI is InChI=1S/C15H19N3O2/c1-18(9-12-3-2-6-16-12)15(20)11-5-4-10-8-14(19)17-13(10)7-11/h4-5,7,12,16H,2-3,6,8-9H2,1H3,(H,17,19). The highest BCUT2D eigenvalue weighted by atomic mass is 16.2. The highest BCUT2D eigenvalue weighted by molar-refractivity contribution is 6.02. The number of carbonyl (C=O) groups excluding carboxylic acids is 2. The number of hydrogen-bond acceptors (Lipinski definition) is 3. The molecule has 1 unspecified atom stereocenters. The van der Waals surface area contributed by atoms with Crippen molar-refractivity contribution < 1.29 is 9.59 Å². The van der Waals surface area contributed by atoms with Crippen LogP contribution < -0.4 is 10.6 Å². The minimum Gasteiger partial charge on any atom is -0.340 e. The fourth-order valence-corrected chi connectivity index (χ4v) is 2.89. The molecule has 0 aliphatic carbocycles. The SMILES string of the molecule is CN(CC1CCCN1)C(=O)c1ccc2c(c1)NC(=O)C2. The Morgan fingerprint density at radius 3 is 3.05 bits per heavy atom. The van der Waals surface area contributed by atoms with Crippen molar-refractivity contribution in [2.75, 3.05) is 25.5 Å². The van der Waals surface area contributed by atoms with Gasteiger partial charge in [0, 0.05) is 30.9 Å². The molecule has 1 atom stereocenters. The second kappa shape index (κ2) is 5.25. The molecule has 0 radical (unpaired) electrons. The van der Waals surface area contributed by atoms with E-state index < -0.39 is 0 Å². The van der Waals surface area contributed by atoms with Gasteiger partial charge in [-0.25, -0.2) is 0 Å². The first kappa shape index (κ1) is 13.1. The first-order valence-corrected chi connectivity index (χ1v) is 7.05. The second-order valence-corrected chi connectivity index (χ2v) is 5.58. The van der Waals surface area contributed by atoms with Crippen molar-refractivity contribution in [2.45, 2.75) is 25.3 Å². The van der Waals surface area contributed by atoms with E-state index >= 15 is 0 Å². The Morgan fingerprint density at radius 1 is 1.45 bits per heavy atom. The number of nitrogens with one attached hydrogen (secondary N) is 2. The Kier molecular flexibility index (Phi) is 3.44. The first-order chi connectivity index (χ1) is 9.63. The zero-order chi connectivity index (χ0) is 14.1. The van der Waals surface area contributed by atoms with E-state index in [1.165, 1.54) is 6.42 Å². The maximum Gasteiger partial charge on any atom is 0.253 e. The van der Waals surface area contributed by atoms with Gasteiger partial charge in [-0.3, -0.25) is 9.59 Å². The maximum absolute atomic E-state index is 12.4. The summed E-state index contributed by atoms with van der Waals surface area (Å²) in [7, 11) is 1.83. The van der Waals surface area contributed by atoms with E-state index in [4.69, 9.17) is 0 Å². The molecule has 5 nitrogen and oxygen atoms in total. The summed E-state index contributed by atoms with van der Waals surface area (Å²) in [5, 5.41) is 6.17. The van der Waals surface area contributed by atoms with Gasteiger partial charge in [0.1, 0.15) is 0 Å². The fourth-order valence-electron chi connectivity index (χ4n) is 2.89. The third-order valence-electron chi connectivity index (χ3n) is 3.99. The molecule has 2 N–H and O–H groups in total. The number of benzene rings is 1. The Labute approximate surface area is 118 Å². The highest BCUT2D eigenvalue weighted by Crippen LogP contribution is 2.24. The molecule has 3 rings (SSSR count). The number of anilines is 1. The Hall–Kier alpha value is -1.88. The summed E-state index contributed by atoms with van der Waals surface area (Å²) in [5.41, 5.74) is 2.37. The van der Waals surface area contributed by atoms with Gasteiger partial charge < -0.3 is 15.5 Å². The van der Waals surface area contributed by atoms with Crippen molar-refractivity contribution in [3.8, 4) is 0 Å². The normalized spacial score (nSPS) is 20.6. The summed E-state index contributed by atoms with van der Waals surface area (Å²) in [6.07, 6.45) is 2.71. The van der Waals surface area contributed by atoms with Crippen LogP contribution in [0, 0.1) is 0 Å². The van der Waals surface area contributed by atoms with E-state index in [-0.39, 0.29) is 11.8 Å².